The van der Waals surface area contributed by atoms with E-state index in [1.165, 1.54) is 45.5 Å². The molecule has 0 atom stereocenters. The lowest BCUT2D eigenvalue weighted by atomic mass is 9.70. The van der Waals surface area contributed by atoms with Crippen molar-refractivity contribution in [2.24, 2.45) is 10.9 Å². The maximum Gasteiger partial charge on any atom is 0.131 e. The first-order chi connectivity index (χ1) is 13.4. The Labute approximate surface area is 166 Å². The summed E-state index contributed by atoms with van der Waals surface area (Å²) in [4.78, 5) is 13.6. The number of anilines is 2. The Kier molecular flexibility index (Phi) is 5.84. The van der Waals surface area contributed by atoms with Gasteiger partial charge in [0, 0.05) is 33.8 Å². The molecule has 28 heavy (non-hydrogen) atoms. The molecule has 150 valence electrons. The highest BCUT2D eigenvalue weighted by atomic mass is 16.6. The zero-order valence-corrected chi connectivity index (χ0v) is 16.9. The Morgan fingerprint density at radius 3 is 2.39 bits per heavy atom. The Balaban J connectivity index is 0.000000271. The zero-order chi connectivity index (χ0) is 20.3. The first-order valence-corrected chi connectivity index (χ1v) is 9.74. The second-order valence-electron chi connectivity index (χ2n) is 7.93. The highest BCUT2D eigenvalue weighted by molar-refractivity contribution is 6.15. The predicted molar refractivity (Wildman–Crippen MR) is 114 cm³/mol. The van der Waals surface area contributed by atoms with Crippen LogP contribution in [0.15, 0.2) is 29.7 Å². The van der Waals surface area contributed by atoms with E-state index in [-0.39, 0.29) is 0 Å². The van der Waals surface area contributed by atoms with Gasteiger partial charge >= 0.3 is 0 Å². The van der Waals surface area contributed by atoms with Crippen LogP contribution in [0.4, 0.5) is 11.5 Å². The highest BCUT2D eigenvalue weighted by Crippen LogP contribution is 2.44. The predicted octanol–water partition coefficient (Wildman–Crippen LogP) is 3.23. The monoisotopic (exact) mass is 382 g/mol. The Bertz CT molecular complexity index is 871. The smallest absolute Gasteiger partial charge is 0.131 e. The number of oxime groups is 1. The summed E-state index contributed by atoms with van der Waals surface area (Å²) in [5, 5.41) is 4.21. The van der Waals surface area contributed by atoms with Gasteiger partial charge in [-0.2, -0.15) is 0 Å². The summed E-state index contributed by atoms with van der Waals surface area (Å²) in [5.74, 6) is 0.455. The molecule has 1 aromatic heterocycles. The molecule has 2 aliphatic carbocycles. The molecule has 0 aliphatic heterocycles. The van der Waals surface area contributed by atoms with Crippen molar-refractivity contribution in [2.75, 3.05) is 18.6 Å². The van der Waals surface area contributed by atoms with Crippen LogP contribution >= 0.6 is 0 Å². The van der Waals surface area contributed by atoms with E-state index in [4.69, 9.17) is 22.0 Å². The van der Waals surface area contributed by atoms with Gasteiger partial charge in [0.25, 0.3) is 0 Å². The van der Waals surface area contributed by atoms with Gasteiger partial charge in [-0.25, -0.2) is 9.97 Å². The van der Waals surface area contributed by atoms with Crippen molar-refractivity contribution >= 4 is 17.2 Å². The molecule has 1 fully saturated rings. The van der Waals surface area contributed by atoms with Gasteiger partial charge < -0.3 is 22.0 Å². The lowest BCUT2D eigenvalue weighted by Gasteiger charge is -2.34. The fourth-order valence-corrected chi connectivity index (χ4v) is 4.03. The molecule has 1 heterocycles. The normalized spacial score (nSPS) is 19.2. The quantitative estimate of drug-likeness (QED) is 0.513. The lowest BCUT2D eigenvalue weighted by Crippen LogP contribution is -2.36. The van der Waals surface area contributed by atoms with E-state index in [1.807, 2.05) is 32.0 Å². The number of nitrogens with two attached hydrogens (primary N) is 3. The number of fused-ring (bicyclic) bond motifs is 3. The largest absolute Gasteiger partial charge is 0.399 e. The summed E-state index contributed by atoms with van der Waals surface area (Å²) in [6.07, 6.45) is 8.14. The lowest BCUT2D eigenvalue weighted by molar-refractivity contribution is 0.211. The standard InChI is InChI=1S/C15H17N5O.C6H13N/c1-15(2)11-12(18-7-19-14(11)17)9-5-4-8(16)6-10(9)13(15)20-21-3;7-6-4-2-1-3-5-6/h4-7H,16H2,1-3H3,(H2,17,18,19);6H,1-5,7H2/b20-13+;. The van der Waals surface area contributed by atoms with Crippen LogP contribution in [0.3, 0.4) is 0 Å². The molecule has 1 saturated carbocycles. The summed E-state index contributed by atoms with van der Waals surface area (Å²) in [7, 11) is 1.52. The molecular weight excluding hydrogens is 352 g/mol. The van der Waals surface area contributed by atoms with Gasteiger partial charge in [-0.05, 0) is 38.8 Å². The molecule has 0 radical (unpaired) electrons. The molecule has 7 heteroatoms. The van der Waals surface area contributed by atoms with E-state index in [9.17, 15) is 0 Å². The Morgan fingerprint density at radius 1 is 1.07 bits per heavy atom. The summed E-state index contributed by atoms with van der Waals surface area (Å²) in [6.45, 7) is 4.05. The zero-order valence-electron chi connectivity index (χ0n) is 16.9. The molecule has 2 aromatic rings. The van der Waals surface area contributed by atoms with Gasteiger partial charge in [0.15, 0.2) is 0 Å². The van der Waals surface area contributed by atoms with Crippen LogP contribution < -0.4 is 17.2 Å². The summed E-state index contributed by atoms with van der Waals surface area (Å²) >= 11 is 0. The van der Waals surface area contributed by atoms with Gasteiger partial charge in [-0.3, -0.25) is 0 Å². The second kappa shape index (κ2) is 8.14. The fourth-order valence-electron chi connectivity index (χ4n) is 4.03. The van der Waals surface area contributed by atoms with Crippen LogP contribution in [0.2, 0.25) is 0 Å². The average molecular weight is 383 g/mol. The maximum atomic E-state index is 6.09. The van der Waals surface area contributed by atoms with Crippen molar-refractivity contribution < 1.29 is 4.84 Å². The molecular formula is C21H30N6O. The molecule has 0 amide bonds. The van der Waals surface area contributed by atoms with Crippen molar-refractivity contribution in [3.63, 3.8) is 0 Å². The van der Waals surface area contributed by atoms with Crippen LogP contribution in [0.1, 0.15) is 57.1 Å². The van der Waals surface area contributed by atoms with Crippen LogP contribution in [0.25, 0.3) is 11.3 Å². The first-order valence-electron chi connectivity index (χ1n) is 9.74. The first kappa shape index (κ1) is 20.1. The second-order valence-corrected chi connectivity index (χ2v) is 7.93. The number of nitrogen functional groups attached to an aromatic ring is 2. The van der Waals surface area contributed by atoms with Crippen molar-refractivity contribution in [3.05, 3.63) is 35.7 Å². The summed E-state index contributed by atoms with van der Waals surface area (Å²) < 4.78 is 0. The van der Waals surface area contributed by atoms with E-state index in [0.717, 1.165) is 28.1 Å². The van der Waals surface area contributed by atoms with Gasteiger partial charge in [-0.15, -0.1) is 0 Å². The molecule has 4 rings (SSSR count). The highest BCUT2D eigenvalue weighted by Gasteiger charge is 2.40. The number of benzene rings is 1. The van der Waals surface area contributed by atoms with Gasteiger partial charge in [0.2, 0.25) is 0 Å². The van der Waals surface area contributed by atoms with E-state index < -0.39 is 5.41 Å². The van der Waals surface area contributed by atoms with E-state index in [1.54, 1.807) is 0 Å². The van der Waals surface area contributed by atoms with E-state index >= 15 is 0 Å². The van der Waals surface area contributed by atoms with Crippen molar-refractivity contribution in [3.8, 4) is 11.3 Å². The maximum absolute atomic E-state index is 6.09. The minimum absolute atomic E-state index is 0.455. The molecule has 0 spiro atoms. The summed E-state index contributed by atoms with van der Waals surface area (Å²) in [6, 6.07) is 6.18. The van der Waals surface area contributed by atoms with Crippen LogP contribution in [0.5, 0.6) is 0 Å². The Hall–Kier alpha value is -2.67. The van der Waals surface area contributed by atoms with Gasteiger partial charge in [0.1, 0.15) is 19.3 Å². The molecule has 0 unspecified atom stereocenters. The molecule has 2 aliphatic rings. The van der Waals surface area contributed by atoms with Crippen LogP contribution in [0, 0.1) is 0 Å². The number of aromatic nitrogens is 2. The number of rotatable bonds is 1. The SMILES string of the molecule is CO/N=C1\c2cc(N)ccc2-c2ncnc(N)c2C1(C)C.NC1CCCCC1. The molecule has 6 N–H and O–H groups in total. The van der Waals surface area contributed by atoms with E-state index in [0.29, 0.717) is 17.5 Å². The minimum Gasteiger partial charge on any atom is -0.399 e. The molecule has 0 bridgehead atoms. The molecule has 0 saturated heterocycles. The van der Waals surface area contributed by atoms with Crippen molar-refractivity contribution in [1.29, 1.82) is 0 Å². The third-order valence-electron chi connectivity index (χ3n) is 5.48. The number of hydrogen-bond acceptors (Lipinski definition) is 7. The summed E-state index contributed by atoms with van der Waals surface area (Å²) in [5.41, 5.74) is 22.1. The number of hydrogen-bond donors (Lipinski definition) is 3. The number of nitrogens with zero attached hydrogens (tertiary/aromatic N) is 3. The van der Waals surface area contributed by atoms with Crippen LogP contribution in [-0.4, -0.2) is 28.8 Å². The molecule has 7 nitrogen and oxygen atoms in total. The third-order valence-corrected chi connectivity index (χ3v) is 5.48. The molecule has 1 aromatic carbocycles. The fraction of sp³-hybridized carbons (Fsp3) is 0.476. The van der Waals surface area contributed by atoms with E-state index in [2.05, 4.69) is 15.1 Å². The third kappa shape index (κ3) is 3.80. The van der Waals surface area contributed by atoms with Crippen molar-refractivity contribution in [1.82, 2.24) is 9.97 Å². The van der Waals surface area contributed by atoms with Gasteiger partial charge in [0.05, 0.1) is 11.4 Å². The van der Waals surface area contributed by atoms with Gasteiger partial charge in [-0.1, -0.05) is 30.5 Å². The Morgan fingerprint density at radius 2 is 1.79 bits per heavy atom. The van der Waals surface area contributed by atoms with Crippen LogP contribution in [-0.2, 0) is 10.3 Å². The average Bonchev–Trinajstić information content (AvgIpc) is 2.66. The topological polar surface area (TPSA) is 125 Å². The van der Waals surface area contributed by atoms with Crippen molar-refractivity contribution in [2.45, 2.75) is 57.4 Å². The minimum atomic E-state index is -0.475.